The molecule has 8 aromatic rings. The fourth-order valence-corrected chi connectivity index (χ4v) is 11.0. The molecule has 0 amide bonds. The van der Waals surface area contributed by atoms with Gasteiger partial charge in [-0.1, -0.05) is 141 Å². The Hall–Kier alpha value is -6.52. The van der Waals surface area contributed by atoms with Gasteiger partial charge in [0.15, 0.2) is 6.23 Å². The zero-order valence-electron chi connectivity index (χ0n) is 30.6. The summed E-state index contributed by atoms with van der Waals surface area (Å²) in [7, 11) is 0. The number of ether oxygens (including phenoxy) is 1. The summed E-state index contributed by atoms with van der Waals surface area (Å²) in [6, 6.07) is 61.1. The first-order valence-electron chi connectivity index (χ1n) is 19.5. The quantitative estimate of drug-likeness (QED) is 0.167. The van der Waals surface area contributed by atoms with Crippen molar-refractivity contribution in [2.75, 3.05) is 9.71 Å². The van der Waals surface area contributed by atoms with Crippen LogP contribution in [-0.2, 0) is 5.41 Å². The van der Waals surface area contributed by atoms with Crippen molar-refractivity contribution in [2.45, 2.75) is 31.4 Å². The number of nitrogens with zero attached hydrogens (tertiary/aromatic N) is 2. The predicted octanol–water partition coefficient (Wildman–Crippen LogP) is 11.1. The van der Waals surface area contributed by atoms with E-state index in [-0.39, 0.29) is 24.4 Å². The van der Waals surface area contributed by atoms with Gasteiger partial charge in [0.1, 0.15) is 5.75 Å². The van der Waals surface area contributed by atoms with E-state index in [1.165, 1.54) is 100 Å². The standard InChI is InChI=1S/C51H35BN2O/c1-51(2)39-20-10-8-17-35(39)46-40(51)29-43-48-47(46)38-27-32-15-6-7-16-33(32)28-42(38)54(34-25-23-31(24-26-34)30-13-4-3-5-14-30)52(48)41-21-12-19-37-45-36-18-9-11-22-44(36)55-50(45)53(43)49(37)41/h3-29,45,50H,1-2H3. The van der Waals surface area contributed by atoms with E-state index < -0.39 is 0 Å². The lowest BCUT2D eigenvalue weighted by Crippen LogP contribution is -2.62. The van der Waals surface area contributed by atoms with Crippen LogP contribution in [0, 0.1) is 0 Å². The van der Waals surface area contributed by atoms with Crippen molar-refractivity contribution in [1.82, 2.24) is 0 Å². The summed E-state index contributed by atoms with van der Waals surface area (Å²) in [4.78, 5) is 5.24. The first kappa shape index (κ1) is 29.9. The van der Waals surface area contributed by atoms with Crippen LogP contribution in [0.4, 0.5) is 22.7 Å². The van der Waals surface area contributed by atoms with Gasteiger partial charge in [-0.2, -0.15) is 0 Å². The molecule has 0 bridgehead atoms. The second-order valence-electron chi connectivity index (χ2n) is 16.4. The number of para-hydroxylation sites is 2. The molecule has 5 aliphatic rings. The minimum atomic E-state index is -0.174. The first-order valence-corrected chi connectivity index (χ1v) is 19.5. The third-order valence-corrected chi connectivity index (χ3v) is 13.3. The fourth-order valence-electron chi connectivity index (χ4n) is 11.0. The minimum Gasteiger partial charge on any atom is -0.469 e. The lowest BCUT2D eigenvalue weighted by atomic mass is 9.43. The molecular weight excluding hydrogens is 667 g/mol. The molecule has 0 fully saturated rings. The molecule has 3 nitrogen and oxygen atoms in total. The molecule has 13 rings (SSSR count). The van der Waals surface area contributed by atoms with Crippen molar-refractivity contribution in [3.63, 3.8) is 0 Å². The van der Waals surface area contributed by atoms with Gasteiger partial charge in [-0.05, 0) is 103 Å². The zero-order chi connectivity index (χ0) is 36.2. The molecule has 0 N–H and O–H groups in total. The van der Waals surface area contributed by atoms with Crippen LogP contribution in [0.5, 0.6) is 5.75 Å². The molecule has 2 atom stereocenters. The Morgan fingerprint density at radius 1 is 0.564 bits per heavy atom. The van der Waals surface area contributed by atoms with Gasteiger partial charge in [-0.3, -0.25) is 0 Å². The monoisotopic (exact) mass is 702 g/mol. The average molecular weight is 703 g/mol. The summed E-state index contributed by atoms with van der Waals surface area (Å²) in [5.74, 6) is 1.12. The van der Waals surface area contributed by atoms with Crippen LogP contribution in [0.15, 0.2) is 164 Å². The molecule has 8 aromatic carbocycles. The Morgan fingerprint density at radius 3 is 2.13 bits per heavy atom. The van der Waals surface area contributed by atoms with Crippen LogP contribution >= 0.6 is 0 Å². The molecule has 4 aliphatic heterocycles. The molecule has 4 heteroatoms. The second-order valence-corrected chi connectivity index (χ2v) is 16.4. The highest BCUT2D eigenvalue weighted by Crippen LogP contribution is 2.60. The maximum Gasteiger partial charge on any atom is 0.333 e. The van der Waals surface area contributed by atoms with E-state index in [0.29, 0.717) is 0 Å². The third kappa shape index (κ3) is 3.72. The maximum atomic E-state index is 7.03. The van der Waals surface area contributed by atoms with E-state index in [2.05, 4.69) is 187 Å². The number of benzene rings is 8. The van der Waals surface area contributed by atoms with Crippen LogP contribution < -0.4 is 25.4 Å². The van der Waals surface area contributed by atoms with Gasteiger partial charge < -0.3 is 14.4 Å². The molecule has 258 valence electrons. The van der Waals surface area contributed by atoms with Gasteiger partial charge in [0.2, 0.25) is 0 Å². The van der Waals surface area contributed by atoms with E-state index in [1.54, 1.807) is 0 Å². The summed E-state index contributed by atoms with van der Waals surface area (Å²) in [5, 5.41) is 2.50. The van der Waals surface area contributed by atoms with E-state index in [4.69, 9.17) is 4.74 Å². The normalized spacial score (nSPS) is 18.2. The van der Waals surface area contributed by atoms with Gasteiger partial charge >= 0.3 is 6.85 Å². The molecule has 0 aromatic heterocycles. The maximum absolute atomic E-state index is 7.03. The van der Waals surface area contributed by atoms with Gasteiger partial charge in [-0.25, -0.2) is 0 Å². The van der Waals surface area contributed by atoms with Crippen LogP contribution in [0.2, 0.25) is 0 Å². The zero-order valence-corrected chi connectivity index (χ0v) is 30.6. The van der Waals surface area contributed by atoms with Gasteiger partial charge in [-0.15, -0.1) is 0 Å². The summed E-state index contributed by atoms with van der Waals surface area (Å²) in [5.41, 5.74) is 20.8. The second kappa shape index (κ2) is 10.4. The van der Waals surface area contributed by atoms with Crippen molar-refractivity contribution in [1.29, 1.82) is 0 Å². The highest BCUT2D eigenvalue weighted by Gasteiger charge is 2.56. The Bertz CT molecular complexity index is 2970. The summed E-state index contributed by atoms with van der Waals surface area (Å²) < 4.78 is 7.03. The Labute approximate surface area is 321 Å². The van der Waals surface area contributed by atoms with Crippen molar-refractivity contribution < 1.29 is 4.74 Å². The summed E-state index contributed by atoms with van der Waals surface area (Å²) in [6.07, 6.45) is -0.153. The molecular formula is C51H35BN2O. The number of fused-ring (bicyclic) bond motifs is 14. The van der Waals surface area contributed by atoms with E-state index in [1.807, 2.05) is 0 Å². The smallest absolute Gasteiger partial charge is 0.333 e. The van der Waals surface area contributed by atoms with Crippen LogP contribution in [0.3, 0.4) is 0 Å². The number of rotatable bonds is 2. The molecule has 2 unspecified atom stereocenters. The van der Waals surface area contributed by atoms with Crippen LogP contribution in [0.1, 0.15) is 42.0 Å². The van der Waals surface area contributed by atoms with Gasteiger partial charge in [0, 0.05) is 39.3 Å². The van der Waals surface area contributed by atoms with Crippen molar-refractivity contribution >= 4 is 51.3 Å². The van der Waals surface area contributed by atoms with Gasteiger partial charge in [0.25, 0.3) is 0 Å². The topological polar surface area (TPSA) is 15.7 Å². The Morgan fingerprint density at radius 2 is 1.27 bits per heavy atom. The lowest BCUT2D eigenvalue weighted by Gasteiger charge is -2.46. The van der Waals surface area contributed by atoms with Crippen molar-refractivity contribution in [3.05, 3.63) is 186 Å². The number of hydrogen-bond donors (Lipinski definition) is 0. The minimum absolute atomic E-state index is 0.0531. The highest BCUT2D eigenvalue weighted by atomic mass is 16.5. The molecule has 0 radical (unpaired) electrons. The molecule has 55 heavy (non-hydrogen) atoms. The van der Waals surface area contributed by atoms with E-state index in [0.717, 1.165) is 5.75 Å². The van der Waals surface area contributed by atoms with E-state index in [9.17, 15) is 0 Å². The van der Waals surface area contributed by atoms with E-state index >= 15 is 0 Å². The molecule has 4 heterocycles. The highest BCUT2D eigenvalue weighted by molar-refractivity contribution is 6.93. The molecule has 0 spiro atoms. The Kier molecular flexibility index (Phi) is 5.63. The van der Waals surface area contributed by atoms with Crippen LogP contribution in [-0.4, -0.2) is 13.1 Å². The number of hydrogen-bond acceptors (Lipinski definition) is 3. The fraction of sp³-hybridized carbons (Fsp3) is 0.0980. The molecule has 1 aliphatic carbocycles. The SMILES string of the molecule is CC1(C)c2ccccc2-c2c1cc1c3c2-c2cc4ccccc4cc2N(c2ccc(-c4ccccc4)cc2)B3c2cccc3c2N1C1Oc2ccccc2C31. The van der Waals surface area contributed by atoms with Crippen molar-refractivity contribution in [3.8, 4) is 39.1 Å². The summed E-state index contributed by atoms with van der Waals surface area (Å²) >= 11 is 0. The van der Waals surface area contributed by atoms with Crippen LogP contribution in [0.25, 0.3) is 44.2 Å². The largest absolute Gasteiger partial charge is 0.469 e. The van der Waals surface area contributed by atoms with Gasteiger partial charge in [0.05, 0.1) is 5.92 Å². The first-order chi connectivity index (χ1) is 27.1. The Balaban J connectivity index is 1.16. The average Bonchev–Trinajstić information content (AvgIpc) is 3.84. The predicted molar refractivity (Wildman–Crippen MR) is 227 cm³/mol. The summed E-state index contributed by atoms with van der Waals surface area (Å²) in [6.45, 7) is 4.77. The lowest BCUT2D eigenvalue weighted by molar-refractivity contribution is 0.234. The van der Waals surface area contributed by atoms with Crippen molar-refractivity contribution in [2.24, 2.45) is 0 Å². The third-order valence-electron chi connectivity index (χ3n) is 13.3. The molecule has 0 saturated carbocycles. The number of anilines is 4. The molecule has 0 saturated heterocycles.